The Hall–Kier alpha value is -2.86. The van der Waals surface area contributed by atoms with Gasteiger partial charge in [-0.1, -0.05) is 29.8 Å². The Bertz CT molecular complexity index is 1220. The highest BCUT2D eigenvalue weighted by Crippen LogP contribution is 2.42. The molecule has 1 unspecified atom stereocenters. The average molecular weight is 506 g/mol. The van der Waals surface area contributed by atoms with E-state index in [9.17, 15) is 14.4 Å². The lowest BCUT2D eigenvalue weighted by Crippen LogP contribution is -2.45. The summed E-state index contributed by atoms with van der Waals surface area (Å²) in [6.07, 6.45) is 6.76. The van der Waals surface area contributed by atoms with E-state index in [1.165, 1.54) is 5.56 Å². The molecule has 7 heteroatoms. The number of piperidine rings is 1. The molecule has 3 fully saturated rings. The second kappa shape index (κ2) is 9.22. The average Bonchev–Trinajstić information content (AvgIpc) is 3.56. The van der Waals surface area contributed by atoms with E-state index in [0.717, 1.165) is 76.7 Å². The number of amides is 3. The zero-order valence-electron chi connectivity index (χ0n) is 20.5. The summed E-state index contributed by atoms with van der Waals surface area (Å²) in [6, 6.07) is 12.9. The Labute approximate surface area is 217 Å². The molecule has 6 rings (SSSR count). The normalized spacial score (nSPS) is 22.5. The van der Waals surface area contributed by atoms with Gasteiger partial charge in [-0.2, -0.15) is 0 Å². The minimum atomic E-state index is -0.192. The lowest BCUT2D eigenvalue weighted by atomic mass is 9.77. The highest BCUT2D eigenvalue weighted by Gasteiger charge is 2.44. The molecular formula is C29H32ClN3O3. The Kier molecular flexibility index (Phi) is 6.03. The summed E-state index contributed by atoms with van der Waals surface area (Å²) in [4.78, 5) is 42.8. The van der Waals surface area contributed by atoms with Crippen LogP contribution in [0.1, 0.15) is 76.4 Å². The molecule has 1 saturated carbocycles. The molecule has 6 nitrogen and oxygen atoms in total. The van der Waals surface area contributed by atoms with Gasteiger partial charge in [0, 0.05) is 37.7 Å². The lowest BCUT2D eigenvalue weighted by molar-refractivity contribution is -0.134. The molecule has 3 amide bonds. The van der Waals surface area contributed by atoms with Gasteiger partial charge in [0.2, 0.25) is 5.91 Å². The van der Waals surface area contributed by atoms with Gasteiger partial charge >= 0.3 is 0 Å². The van der Waals surface area contributed by atoms with Crippen molar-refractivity contribution >= 4 is 29.3 Å². The van der Waals surface area contributed by atoms with E-state index in [4.69, 9.17) is 11.6 Å². The van der Waals surface area contributed by atoms with Crippen LogP contribution in [0.15, 0.2) is 42.5 Å². The summed E-state index contributed by atoms with van der Waals surface area (Å²) in [5, 5.41) is 3.55. The quantitative estimate of drug-likeness (QED) is 0.659. The van der Waals surface area contributed by atoms with Gasteiger partial charge in [-0.25, -0.2) is 0 Å². The van der Waals surface area contributed by atoms with Crippen LogP contribution in [0.4, 0.5) is 0 Å². The molecule has 0 radical (unpaired) electrons. The highest BCUT2D eigenvalue weighted by atomic mass is 35.5. The number of carbonyl (C=O) groups excluding carboxylic acids is 3. The van der Waals surface area contributed by atoms with E-state index < -0.39 is 0 Å². The van der Waals surface area contributed by atoms with Gasteiger partial charge in [0.05, 0.1) is 16.6 Å². The molecule has 1 spiro atoms. The van der Waals surface area contributed by atoms with E-state index in [-0.39, 0.29) is 29.2 Å². The topological polar surface area (TPSA) is 69.7 Å². The highest BCUT2D eigenvalue weighted by molar-refractivity contribution is 6.33. The number of hydrogen-bond donors (Lipinski definition) is 1. The molecule has 2 aliphatic heterocycles. The number of nitrogens with zero attached hydrogens (tertiary/aromatic N) is 2. The van der Waals surface area contributed by atoms with Crippen LogP contribution in [-0.2, 0) is 11.2 Å². The number of hydrogen-bond acceptors (Lipinski definition) is 3. The van der Waals surface area contributed by atoms with Gasteiger partial charge in [0.25, 0.3) is 11.8 Å². The number of fused-ring (bicyclic) bond motifs is 1. The van der Waals surface area contributed by atoms with Crippen LogP contribution in [0.2, 0.25) is 5.02 Å². The summed E-state index contributed by atoms with van der Waals surface area (Å²) in [7, 11) is 0. The van der Waals surface area contributed by atoms with Crippen LogP contribution in [0, 0.1) is 11.3 Å². The van der Waals surface area contributed by atoms with Gasteiger partial charge in [-0.3, -0.25) is 14.4 Å². The third kappa shape index (κ3) is 4.40. The smallest absolute Gasteiger partial charge is 0.253 e. The largest absolute Gasteiger partial charge is 0.345 e. The Morgan fingerprint density at radius 3 is 2.36 bits per heavy atom. The third-order valence-corrected chi connectivity index (χ3v) is 9.01. The predicted octanol–water partition coefficient (Wildman–Crippen LogP) is 4.62. The summed E-state index contributed by atoms with van der Waals surface area (Å²) in [5.74, 6) is 0.487. The summed E-state index contributed by atoms with van der Waals surface area (Å²) in [5.41, 5.74) is 3.50. The minimum absolute atomic E-state index is 0.0641. The third-order valence-electron chi connectivity index (χ3n) is 8.68. The Balaban J connectivity index is 1.11. The lowest BCUT2D eigenvalue weighted by Gasteiger charge is -2.39. The second-order valence-electron chi connectivity index (χ2n) is 11.0. The molecule has 2 aromatic carbocycles. The molecule has 1 N–H and O–H groups in total. The number of likely N-dealkylation sites (tertiary alicyclic amines) is 2. The fourth-order valence-electron chi connectivity index (χ4n) is 6.26. The van der Waals surface area contributed by atoms with Crippen molar-refractivity contribution in [1.29, 1.82) is 0 Å². The number of carbonyl (C=O) groups is 3. The summed E-state index contributed by atoms with van der Waals surface area (Å²) < 4.78 is 0. The van der Waals surface area contributed by atoms with Gasteiger partial charge in [-0.15, -0.1) is 0 Å². The fraction of sp³-hybridized carbons (Fsp3) is 0.483. The maximum atomic E-state index is 13.5. The van der Waals surface area contributed by atoms with E-state index in [1.807, 2.05) is 28.0 Å². The van der Waals surface area contributed by atoms with Crippen LogP contribution in [-0.4, -0.2) is 53.7 Å². The standard InChI is InChI=1S/C29H32ClN3O3/c30-24-4-2-1-3-22(24)26(34)31-25-10-9-19-5-8-21(17-23(19)25)28(36)33-16-13-29(18-33)11-14-32(15-12-29)27(35)20-6-7-20/h1-5,8,17,20,25H,6-7,9-16,18H2,(H,31,34). The SMILES string of the molecule is O=C(NC1CCc2ccc(C(=O)N3CCC4(CCN(C(=O)C5CC5)CC4)C3)cc21)c1ccccc1Cl. The fourth-order valence-corrected chi connectivity index (χ4v) is 6.48. The molecular weight excluding hydrogens is 474 g/mol. The number of rotatable bonds is 4. The van der Waals surface area contributed by atoms with Crippen molar-refractivity contribution < 1.29 is 14.4 Å². The first-order valence-corrected chi connectivity index (χ1v) is 13.6. The predicted molar refractivity (Wildman–Crippen MR) is 138 cm³/mol. The monoisotopic (exact) mass is 505 g/mol. The number of halogens is 1. The van der Waals surface area contributed by atoms with Crippen LogP contribution in [0.25, 0.3) is 0 Å². The first-order chi connectivity index (χ1) is 17.4. The number of aryl methyl sites for hydroxylation is 1. The maximum absolute atomic E-state index is 13.5. The van der Waals surface area contributed by atoms with Gasteiger partial charge in [-0.05, 0) is 85.8 Å². The molecule has 2 saturated heterocycles. The maximum Gasteiger partial charge on any atom is 0.253 e. The molecule has 2 heterocycles. The van der Waals surface area contributed by atoms with Gasteiger partial charge in [0.15, 0.2) is 0 Å². The second-order valence-corrected chi connectivity index (χ2v) is 11.4. The van der Waals surface area contributed by atoms with Crippen molar-refractivity contribution in [3.8, 4) is 0 Å². The summed E-state index contributed by atoms with van der Waals surface area (Å²) in [6.45, 7) is 3.17. The molecule has 36 heavy (non-hydrogen) atoms. The molecule has 2 aromatic rings. The minimum Gasteiger partial charge on any atom is -0.345 e. The van der Waals surface area contributed by atoms with E-state index in [2.05, 4.69) is 5.32 Å². The number of nitrogens with one attached hydrogen (secondary N) is 1. The number of benzene rings is 2. The zero-order valence-corrected chi connectivity index (χ0v) is 21.2. The molecule has 2 aliphatic carbocycles. The van der Waals surface area contributed by atoms with E-state index >= 15 is 0 Å². The van der Waals surface area contributed by atoms with Gasteiger partial charge < -0.3 is 15.1 Å². The molecule has 188 valence electrons. The van der Waals surface area contributed by atoms with Crippen molar-refractivity contribution in [3.05, 3.63) is 69.7 Å². The van der Waals surface area contributed by atoms with Crippen LogP contribution in [0.3, 0.4) is 0 Å². The van der Waals surface area contributed by atoms with Crippen molar-refractivity contribution in [2.75, 3.05) is 26.2 Å². The van der Waals surface area contributed by atoms with Crippen molar-refractivity contribution in [1.82, 2.24) is 15.1 Å². The van der Waals surface area contributed by atoms with E-state index in [1.54, 1.807) is 24.3 Å². The van der Waals surface area contributed by atoms with Crippen molar-refractivity contribution in [2.45, 2.75) is 51.0 Å². The van der Waals surface area contributed by atoms with Crippen LogP contribution >= 0.6 is 11.6 Å². The molecule has 0 aromatic heterocycles. The van der Waals surface area contributed by atoms with E-state index in [0.29, 0.717) is 22.1 Å². The van der Waals surface area contributed by atoms with Crippen molar-refractivity contribution in [3.63, 3.8) is 0 Å². The first kappa shape index (κ1) is 23.5. The molecule has 1 atom stereocenters. The van der Waals surface area contributed by atoms with Gasteiger partial charge in [0.1, 0.15) is 0 Å². The molecule has 0 bridgehead atoms. The van der Waals surface area contributed by atoms with Crippen LogP contribution in [0.5, 0.6) is 0 Å². The molecule has 4 aliphatic rings. The Morgan fingerprint density at radius 1 is 0.917 bits per heavy atom. The van der Waals surface area contributed by atoms with Crippen molar-refractivity contribution in [2.24, 2.45) is 11.3 Å². The zero-order chi connectivity index (χ0) is 24.9. The summed E-state index contributed by atoms with van der Waals surface area (Å²) >= 11 is 6.22. The van der Waals surface area contributed by atoms with Crippen LogP contribution < -0.4 is 5.32 Å². The Morgan fingerprint density at radius 2 is 1.64 bits per heavy atom. The first-order valence-electron chi connectivity index (χ1n) is 13.2.